The number of hydrogen-bond donors (Lipinski definition) is 0. The van der Waals surface area contributed by atoms with Gasteiger partial charge in [0.25, 0.3) is 5.91 Å². The van der Waals surface area contributed by atoms with Gasteiger partial charge in [-0.25, -0.2) is 0 Å². The summed E-state index contributed by atoms with van der Waals surface area (Å²) in [5.74, 6) is 3.99. The number of aromatic nitrogens is 3. The Balaban J connectivity index is 1.47. The summed E-state index contributed by atoms with van der Waals surface area (Å²) in [6.45, 7) is 8.39. The van der Waals surface area contributed by atoms with Crippen LogP contribution in [0.5, 0.6) is 0 Å². The molecule has 1 atom stereocenters. The highest BCUT2D eigenvalue weighted by Gasteiger charge is 2.29. The molecule has 2 aromatic heterocycles. The van der Waals surface area contributed by atoms with E-state index in [0.29, 0.717) is 37.4 Å². The van der Waals surface area contributed by atoms with E-state index < -0.39 is 0 Å². The fourth-order valence-corrected chi connectivity index (χ4v) is 3.59. The zero-order chi connectivity index (χ0) is 18.3. The van der Waals surface area contributed by atoms with Gasteiger partial charge >= 0.3 is 0 Å². The minimum absolute atomic E-state index is 0.0251. The number of rotatable bonds is 5. The second-order valence-corrected chi connectivity index (χ2v) is 7.52. The Morgan fingerprint density at radius 3 is 2.81 bits per heavy atom. The molecule has 0 spiro atoms. The Bertz CT molecular complexity index is 806. The normalized spacial score (nSPS) is 20.1. The molecule has 7 heteroatoms. The van der Waals surface area contributed by atoms with Crippen molar-refractivity contribution in [2.45, 2.75) is 59.2 Å². The van der Waals surface area contributed by atoms with Gasteiger partial charge in [0.2, 0.25) is 0 Å². The van der Waals surface area contributed by atoms with E-state index in [1.54, 1.807) is 0 Å². The average Bonchev–Trinajstić information content (AvgIpc) is 3.29. The van der Waals surface area contributed by atoms with Crippen molar-refractivity contribution in [3.05, 3.63) is 34.8 Å². The average molecular weight is 358 g/mol. The lowest BCUT2D eigenvalue weighted by atomic mass is 10.1. The van der Waals surface area contributed by atoms with E-state index in [-0.39, 0.29) is 11.9 Å². The lowest BCUT2D eigenvalue weighted by Gasteiger charge is -2.26. The summed E-state index contributed by atoms with van der Waals surface area (Å²) in [7, 11) is 0. The van der Waals surface area contributed by atoms with Crippen molar-refractivity contribution in [2.75, 3.05) is 13.2 Å². The zero-order valence-corrected chi connectivity index (χ0v) is 15.7. The van der Waals surface area contributed by atoms with E-state index in [2.05, 4.69) is 21.7 Å². The molecule has 0 radical (unpaired) electrons. The summed E-state index contributed by atoms with van der Waals surface area (Å²) >= 11 is 0. The van der Waals surface area contributed by atoms with Gasteiger partial charge in [-0.1, -0.05) is 0 Å². The number of fused-ring (bicyclic) bond motifs is 1. The summed E-state index contributed by atoms with van der Waals surface area (Å²) in [6, 6.07) is 1.88. The number of carbonyl (C=O) groups excluding carboxylic acids is 1. The smallest absolute Gasteiger partial charge is 0.257 e. The van der Waals surface area contributed by atoms with Crippen molar-refractivity contribution < 1.29 is 13.9 Å². The molecule has 7 nitrogen and oxygen atoms in total. The maximum absolute atomic E-state index is 13.0. The minimum atomic E-state index is 0.0251. The van der Waals surface area contributed by atoms with Crippen LogP contribution in [0.3, 0.4) is 0 Å². The first kappa shape index (κ1) is 17.3. The molecule has 3 heterocycles. The fraction of sp³-hybridized carbons (Fsp3) is 0.632. The maximum Gasteiger partial charge on any atom is 0.257 e. The molecule has 0 bridgehead atoms. The first-order valence-electron chi connectivity index (χ1n) is 9.39. The highest BCUT2D eigenvalue weighted by molar-refractivity contribution is 5.95. The van der Waals surface area contributed by atoms with Gasteiger partial charge in [-0.15, -0.1) is 10.2 Å². The summed E-state index contributed by atoms with van der Waals surface area (Å²) < 4.78 is 13.4. The molecule has 4 rings (SSSR count). The number of nitrogens with zero attached hydrogens (tertiary/aromatic N) is 4. The van der Waals surface area contributed by atoms with Crippen LogP contribution in [0.2, 0.25) is 0 Å². The van der Waals surface area contributed by atoms with Crippen molar-refractivity contribution in [1.82, 2.24) is 19.7 Å². The lowest BCUT2D eigenvalue weighted by Crippen LogP contribution is -2.40. The highest BCUT2D eigenvalue weighted by Crippen LogP contribution is 2.29. The molecule has 2 aliphatic rings. The van der Waals surface area contributed by atoms with Crippen LogP contribution in [0.4, 0.5) is 0 Å². The van der Waals surface area contributed by atoms with E-state index in [9.17, 15) is 4.79 Å². The van der Waals surface area contributed by atoms with Crippen LogP contribution < -0.4 is 0 Å². The monoisotopic (exact) mass is 358 g/mol. The Morgan fingerprint density at radius 1 is 1.31 bits per heavy atom. The predicted molar refractivity (Wildman–Crippen MR) is 94.8 cm³/mol. The van der Waals surface area contributed by atoms with Crippen LogP contribution in [0.1, 0.15) is 53.3 Å². The highest BCUT2D eigenvalue weighted by atomic mass is 16.5. The van der Waals surface area contributed by atoms with Crippen molar-refractivity contribution in [1.29, 1.82) is 0 Å². The van der Waals surface area contributed by atoms with Gasteiger partial charge < -0.3 is 18.6 Å². The van der Waals surface area contributed by atoms with Gasteiger partial charge in [-0.05, 0) is 45.6 Å². The van der Waals surface area contributed by atoms with Crippen molar-refractivity contribution in [2.24, 2.45) is 5.92 Å². The standard InChI is InChI=1S/C19H26N4O3/c1-12-8-17-20-21-18(11-25-10-15-4-5-15)23(17)7-6-22(12)19(24)16-9-13(2)26-14(16)3/h9,12,15H,4-8,10-11H2,1-3H3. The molecule has 0 aromatic carbocycles. The van der Waals surface area contributed by atoms with Crippen LogP contribution >= 0.6 is 0 Å². The zero-order valence-electron chi connectivity index (χ0n) is 15.7. The maximum atomic E-state index is 13.0. The van der Waals surface area contributed by atoms with Gasteiger partial charge in [-0.2, -0.15) is 0 Å². The Kier molecular flexibility index (Phi) is 4.56. The second kappa shape index (κ2) is 6.87. The third kappa shape index (κ3) is 3.40. The van der Waals surface area contributed by atoms with Crippen LogP contribution in [0.15, 0.2) is 10.5 Å². The molecule has 1 aliphatic heterocycles. The molecule has 1 aliphatic carbocycles. The van der Waals surface area contributed by atoms with E-state index in [0.717, 1.165) is 29.9 Å². The molecule has 2 aromatic rings. The Hall–Kier alpha value is -2.15. The van der Waals surface area contributed by atoms with Crippen molar-refractivity contribution in [3.63, 3.8) is 0 Å². The number of ether oxygens (including phenoxy) is 1. The third-order valence-corrected chi connectivity index (χ3v) is 5.29. The topological polar surface area (TPSA) is 73.4 Å². The largest absolute Gasteiger partial charge is 0.466 e. The quantitative estimate of drug-likeness (QED) is 0.821. The van der Waals surface area contributed by atoms with Gasteiger partial charge in [0.05, 0.1) is 5.56 Å². The summed E-state index contributed by atoms with van der Waals surface area (Å²) in [5, 5.41) is 8.65. The van der Waals surface area contributed by atoms with Gasteiger partial charge in [0.15, 0.2) is 5.82 Å². The summed E-state index contributed by atoms with van der Waals surface area (Å²) in [4.78, 5) is 14.9. The molecule has 0 saturated heterocycles. The van der Waals surface area contributed by atoms with Crippen molar-refractivity contribution in [3.8, 4) is 0 Å². The van der Waals surface area contributed by atoms with Crippen LogP contribution in [-0.2, 0) is 24.3 Å². The number of hydrogen-bond acceptors (Lipinski definition) is 5. The van der Waals surface area contributed by atoms with Crippen LogP contribution in [0.25, 0.3) is 0 Å². The number of amides is 1. The Morgan fingerprint density at radius 2 is 2.12 bits per heavy atom. The number of aryl methyl sites for hydroxylation is 2. The molecular weight excluding hydrogens is 332 g/mol. The minimum Gasteiger partial charge on any atom is -0.466 e. The number of furan rings is 1. The van der Waals surface area contributed by atoms with Crippen LogP contribution in [-0.4, -0.2) is 44.8 Å². The van der Waals surface area contributed by atoms with Gasteiger partial charge in [0, 0.05) is 32.2 Å². The third-order valence-electron chi connectivity index (χ3n) is 5.29. The molecule has 1 amide bonds. The van der Waals surface area contributed by atoms with E-state index in [1.165, 1.54) is 12.8 Å². The van der Waals surface area contributed by atoms with Gasteiger partial charge in [-0.3, -0.25) is 4.79 Å². The fourth-order valence-electron chi connectivity index (χ4n) is 3.59. The van der Waals surface area contributed by atoms with E-state index >= 15 is 0 Å². The number of carbonyl (C=O) groups is 1. The summed E-state index contributed by atoms with van der Waals surface area (Å²) in [6.07, 6.45) is 3.25. The first-order chi connectivity index (χ1) is 12.5. The first-order valence-corrected chi connectivity index (χ1v) is 9.39. The second-order valence-electron chi connectivity index (χ2n) is 7.52. The summed E-state index contributed by atoms with van der Waals surface area (Å²) in [5.41, 5.74) is 0.653. The van der Waals surface area contributed by atoms with E-state index in [4.69, 9.17) is 9.15 Å². The lowest BCUT2D eigenvalue weighted by molar-refractivity contribution is 0.0692. The molecular formula is C19H26N4O3. The molecule has 0 N–H and O–H groups in total. The van der Waals surface area contributed by atoms with E-state index in [1.807, 2.05) is 24.8 Å². The van der Waals surface area contributed by atoms with Crippen LogP contribution in [0, 0.1) is 19.8 Å². The van der Waals surface area contributed by atoms with Crippen molar-refractivity contribution >= 4 is 5.91 Å². The molecule has 1 unspecified atom stereocenters. The molecule has 26 heavy (non-hydrogen) atoms. The van der Waals surface area contributed by atoms with Gasteiger partial charge in [0.1, 0.15) is 24.0 Å². The molecule has 1 saturated carbocycles. The molecule has 140 valence electrons. The predicted octanol–water partition coefficient (Wildman–Crippen LogP) is 2.50. The Labute approximate surface area is 153 Å². The SMILES string of the molecule is Cc1cc(C(=O)N2CCn3c(COCC4CC4)nnc3CC2C)c(C)o1. The molecule has 1 fully saturated rings.